The summed E-state index contributed by atoms with van der Waals surface area (Å²) in [6.45, 7) is 2.70. The predicted octanol–water partition coefficient (Wildman–Crippen LogP) is 3.63. The molecule has 1 aromatic heterocycles. The third-order valence-electron chi connectivity index (χ3n) is 5.48. The van der Waals surface area contributed by atoms with E-state index < -0.39 is 10.0 Å². The van der Waals surface area contributed by atoms with Crippen molar-refractivity contribution < 1.29 is 22.4 Å². The Kier molecular flexibility index (Phi) is 5.97. The van der Waals surface area contributed by atoms with Crippen LogP contribution >= 0.6 is 0 Å². The Morgan fingerprint density at radius 2 is 1.87 bits per heavy atom. The van der Waals surface area contributed by atoms with Crippen LogP contribution in [0.15, 0.2) is 51.9 Å². The highest BCUT2D eigenvalue weighted by molar-refractivity contribution is 7.89. The zero-order valence-corrected chi connectivity index (χ0v) is 18.6. The molecule has 1 aliphatic rings. The fourth-order valence-corrected chi connectivity index (χ4v) is 5.32. The number of methoxy groups -OCH3 is 2. The standard InChI is InChI=1S/C22H25N3O5S/c1-15-9-11-17(12-10-15)31(26,27)25-13-5-6-16(14-25)22-23-21(24-30-22)18-7-4-8-19(28-2)20(18)29-3/h4,7-12,16H,5-6,13-14H2,1-3H3. The number of sulfonamides is 1. The number of piperidine rings is 1. The van der Waals surface area contributed by atoms with Gasteiger partial charge in [0.25, 0.3) is 0 Å². The quantitative estimate of drug-likeness (QED) is 0.574. The number of nitrogens with zero attached hydrogens (tertiary/aromatic N) is 3. The van der Waals surface area contributed by atoms with Gasteiger partial charge in [0.2, 0.25) is 21.7 Å². The normalized spacial score (nSPS) is 17.5. The maximum Gasteiger partial charge on any atom is 0.243 e. The average molecular weight is 444 g/mol. The van der Waals surface area contributed by atoms with Gasteiger partial charge in [-0.3, -0.25) is 0 Å². The third kappa shape index (κ3) is 4.15. The Morgan fingerprint density at radius 3 is 2.58 bits per heavy atom. The lowest BCUT2D eigenvalue weighted by Gasteiger charge is -2.30. The van der Waals surface area contributed by atoms with Crippen LogP contribution < -0.4 is 9.47 Å². The van der Waals surface area contributed by atoms with Crippen LogP contribution in [0.4, 0.5) is 0 Å². The van der Waals surface area contributed by atoms with E-state index in [1.54, 1.807) is 44.6 Å². The van der Waals surface area contributed by atoms with E-state index in [1.165, 1.54) is 4.31 Å². The Balaban J connectivity index is 1.58. The maximum absolute atomic E-state index is 13.1. The molecule has 8 nitrogen and oxygen atoms in total. The first-order valence-corrected chi connectivity index (χ1v) is 11.5. The number of aromatic nitrogens is 2. The van der Waals surface area contributed by atoms with Gasteiger partial charge in [-0.05, 0) is 44.0 Å². The minimum absolute atomic E-state index is 0.174. The van der Waals surface area contributed by atoms with Crippen LogP contribution in [0.3, 0.4) is 0 Å². The van der Waals surface area contributed by atoms with Gasteiger partial charge in [-0.15, -0.1) is 0 Å². The van der Waals surface area contributed by atoms with Gasteiger partial charge in [0.05, 0.1) is 30.6 Å². The number of benzene rings is 2. The number of para-hydroxylation sites is 1. The minimum atomic E-state index is -3.58. The van der Waals surface area contributed by atoms with E-state index in [0.29, 0.717) is 46.8 Å². The summed E-state index contributed by atoms with van der Waals surface area (Å²) in [5.41, 5.74) is 1.67. The van der Waals surface area contributed by atoms with E-state index in [2.05, 4.69) is 10.1 Å². The van der Waals surface area contributed by atoms with Gasteiger partial charge in [-0.1, -0.05) is 28.9 Å². The van der Waals surface area contributed by atoms with Gasteiger partial charge in [0, 0.05) is 13.1 Å². The topological polar surface area (TPSA) is 94.8 Å². The van der Waals surface area contributed by atoms with Gasteiger partial charge in [-0.2, -0.15) is 9.29 Å². The van der Waals surface area contributed by atoms with Crippen LogP contribution in [0.25, 0.3) is 11.4 Å². The molecule has 9 heteroatoms. The van der Waals surface area contributed by atoms with E-state index >= 15 is 0 Å². The Morgan fingerprint density at radius 1 is 1.10 bits per heavy atom. The van der Waals surface area contributed by atoms with Crippen LogP contribution in [-0.4, -0.2) is 50.2 Å². The predicted molar refractivity (Wildman–Crippen MR) is 115 cm³/mol. The van der Waals surface area contributed by atoms with Crippen molar-refractivity contribution in [1.82, 2.24) is 14.4 Å². The first kappa shape index (κ1) is 21.3. The molecule has 1 unspecified atom stereocenters. The second-order valence-corrected chi connectivity index (χ2v) is 9.45. The molecule has 0 aliphatic carbocycles. The summed E-state index contributed by atoms with van der Waals surface area (Å²) in [6.07, 6.45) is 1.49. The minimum Gasteiger partial charge on any atom is -0.493 e. The molecule has 2 heterocycles. The molecule has 0 amide bonds. The van der Waals surface area contributed by atoms with Crippen molar-refractivity contribution >= 4 is 10.0 Å². The summed E-state index contributed by atoms with van der Waals surface area (Å²) in [6, 6.07) is 12.3. The molecule has 1 aliphatic heterocycles. The summed E-state index contributed by atoms with van der Waals surface area (Å²) in [7, 11) is -0.461. The zero-order valence-electron chi connectivity index (χ0n) is 17.7. The molecule has 1 atom stereocenters. The van der Waals surface area contributed by atoms with E-state index in [0.717, 1.165) is 18.4 Å². The largest absolute Gasteiger partial charge is 0.493 e. The molecule has 2 aromatic carbocycles. The lowest BCUT2D eigenvalue weighted by atomic mass is 10.00. The van der Waals surface area contributed by atoms with Crippen LogP contribution in [-0.2, 0) is 10.0 Å². The monoisotopic (exact) mass is 443 g/mol. The smallest absolute Gasteiger partial charge is 0.243 e. The lowest BCUT2D eigenvalue weighted by molar-refractivity contribution is 0.265. The zero-order chi connectivity index (χ0) is 22.0. The second-order valence-electron chi connectivity index (χ2n) is 7.51. The third-order valence-corrected chi connectivity index (χ3v) is 7.36. The summed E-state index contributed by atoms with van der Waals surface area (Å²) >= 11 is 0. The molecule has 0 spiro atoms. The van der Waals surface area contributed by atoms with Crippen molar-refractivity contribution in [3.63, 3.8) is 0 Å². The van der Waals surface area contributed by atoms with Crippen molar-refractivity contribution in [3.8, 4) is 22.9 Å². The van der Waals surface area contributed by atoms with Gasteiger partial charge in [0.1, 0.15) is 0 Å². The first-order valence-electron chi connectivity index (χ1n) is 10.1. The molecule has 3 aromatic rings. The van der Waals surface area contributed by atoms with Crippen molar-refractivity contribution in [2.75, 3.05) is 27.3 Å². The van der Waals surface area contributed by atoms with Crippen molar-refractivity contribution in [2.24, 2.45) is 0 Å². The van der Waals surface area contributed by atoms with E-state index in [4.69, 9.17) is 14.0 Å². The number of hydrogen-bond donors (Lipinski definition) is 0. The first-order chi connectivity index (χ1) is 14.9. The molecule has 0 saturated carbocycles. The molecule has 0 N–H and O–H groups in total. The van der Waals surface area contributed by atoms with Crippen LogP contribution in [0.1, 0.15) is 30.2 Å². The molecule has 164 valence electrons. The molecular weight excluding hydrogens is 418 g/mol. The van der Waals surface area contributed by atoms with Crippen molar-refractivity contribution in [1.29, 1.82) is 0 Å². The summed E-state index contributed by atoms with van der Waals surface area (Å²) in [4.78, 5) is 4.85. The van der Waals surface area contributed by atoms with Crippen LogP contribution in [0.5, 0.6) is 11.5 Å². The fourth-order valence-electron chi connectivity index (χ4n) is 3.80. The Bertz CT molecular complexity index is 1160. The Labute approximate surface area is 181 Å². The van der Waals surface area contributed by atoms with Gasteiger partial charge < -0.3 is 14.0 Å². The molecule has 1 fully saturated rings. The maximum atomic E-state index is 13.1. The summed E-state index contributed by atoms with van der Waals surface area (Å²) < 4.78 is 44.0. The van der Waals surface area contributed by atoms with Gasteiger partial charge >= 0.3 is 0 Å². The fraction of sp³-hybridized carbons (Fsp3) is 0.364. The average Bonchev–Trinajstić information content (AvgIpc) is 3.29. The molecular formula is C22H25N3O5S. The molecule has 4 rings (SSSR count). The summed E-state index contributed by atoms with van der Waals surface area (Å²) in [5.74, 6) is 1.71. The number of ether oxygens (including phenoxy) is 2. The Hall–Kier alpha value is -2.91. The van der Waals surface area contributed by atoms with Gasteiger partial charge in [0.15, 0.2) is 11.5 Å². The van der Waals surface area contributed by atoms with E-state index in [-0.39, 0.29) is 5.92 Å². The lowest BCUT2D eigenvalue weighted by Crippen LogP contribution is -2.39. The SMILES string of the molecule is COc1cccc(-c2noc(C3CCCN(S(=O)(=O)c4ccc(C)cc4)C3)n2)c1OC. The number of aryl methyl sites for hydroxylation is 1. The van der Waals surface area contributed by atoms with Crippen molar-refractivity contribution in [2.45, 2.75) is 30.6 Å². The highest BCUT2D eigenvalue weighted by Gasteiger charge is 2.33. The number of hydrogen-bond acceptors (Lipinski definition) is 7. The highest BCUT2D eigenvalue weighted by Crippen LogP contribution is 2.37. The van der Waals surface area contributed by atoms with Crippen molar-refractivity contribution in [3.05, 3.63) is 53.9 Å². The molecule has 1 saturated heterocycles. The summed E-state index contributed by atoms with van der Waals surface area (Å²) in [5, 5.41) is 4.11. The van der Waals surface area contributed by atoms with Gasteiger partial charge in [-0.25, -0.2) is 8.42 Å². The van der Waals surface area contributed by atoms with E-state index in [1.807, 2.05) is 19.1 Å². The number of rotatable bonds is 6. The van der Waals surface area contributed by atoms with Crippen LogP contribution in [0, 0.1) is 6.92 Å². The molecule has 31 heavy (non-hydrogen) atoms. The second kappa shape index (κ2) is 8.68. The molecule has 0 radical (unpaired) electrons. The highest BCUT2D eigenvalue weighted by atomic mass is 32.2. The van der Waals surface area contributed by atoms with Crippen LogP contribution in [0.2, 0.25) is 0 Å². The van der Waals surface area contributed by atoms with E-state index in [9.17, 15) is 8.42 Å². The molecule has 0 bridgehead atoms.